The lowest BCUT2D eigenvalue weighted by Gasteiger charge is -2.10. The van der Waals surface area contributed by atoms with Crippen molar-refractivity contribution >= 4 is 39.1 Å². The van der Waals surface area contributed by atoms with Crippen LogP contribution < -0.4 is 10.4 Å². The maximum Gasteiger partial charge on any atom is 0.336 e. The maximum atomic E-state index is 12.6. The lowest BCUT2D eigenvalue weighted by molar-refractivity contribution is 0.0921. The number of fused-ring (bicyclic) bond motifs is 2. The third-order valence-electron chi connectivity index (χ3n) is 4.83. The van der Waals surface area contributed by atoms with Gasteiger partial charge in [0.05, 0.1) is 5.02 Å². The van der Waals surface area contributed by atoms with Gasteiger partial charge in [-0.3, -0.25) is 4.79 Å². The van der Waals surface area contributed by atoms with E-state index in [1.54, 1.807) is 18.2 Å². The summed E-state index contributed by atoms with van der Waals surface area (Å²) in [6, 6.07) is 18.2. The molecule has 0 amide bonds. The van der Waals surface area contributed by atoms with Crippen LogP contribution in [0.4, 0.5) is 0 Å². The average molecular weight is 407 g/mol. The van der Waals surface area contributed by atoms with Gasteiger partial charge in [-0.2, -0.15) is 0 Å². The van der Waals surface area contributed by atoms with Gasteiger partial charge in [-0.15, -0.1) is 0 Å². The second-order valence-corrected chi connectivity index (χ2v) is 7.30. The van der Waals surface area contributed by atoms with E-state index >= 15 is 0 Å². The Morgan fingerprint density at radius 2 is 1.83 bits per heavy atom. The molecule has 0 aliphatic heterocycles. The number of carbonyl (C=O) groups excluding carboxylic acids is 1. The number of hydrogen-bond acceptors (Lipinski definition) is 4. The highest BCUT2D eigenvalue weighted by molar-refractivity contribution is 6.32. The van der Waals surface area contributed by atoms with Crippen molar-refractivity contribution in [2.75, 3.05) is 6.61 Å². The first kappa shape index (κ1) is 19.2. The number of Topliss-reactive ketones (excluding diaryl/α,β-unsaturated/α-hetero) is 1. The molecule has 0 saturated heterocycles. The number of ketones is 1. The van der Waals surface area contributed by atoms with Crippen molar-refractivity contribution in [3.05, 3.63) is 87.2 Å². The molecule has 1 aromatic heterocycles. The van der Waals surface area contributed by atoms with Crippen molar-refractivity contribution in [3.63, 3.8) is 0 Å². The Bertz CT molecular complexity index is 1270. The van der Waals surface area contributed by atoms with Crippen LogP contribution in [0.1, 0.15) is 29.3 Å². The largest absolute Gasteiger partial charge is 0.484 e. The third-order valence-corrected chi connectivity index (χ3v) is 5.13. The first-order chi connectivity index (χ1) is 14.0. The monoisotopic (exact) mass is 406 g/mol. The Hall–Kier alpha value is -3.11. The highest BCUT2D eigenvalue weighted by Crippen LogP contribution is 2.31. The molecule has 3 aromatic carbocycles. The lowest BCUT2D eigenvalue weighted by atomic mass is 10.0. The minimum atomic E-state index is -0.415. The third kappa shape index (κ3) is 4.03. The predicted octanol–water partition coefficient (Wildman–Crippen LogP) is 5.81. The summed E-state index contributed by atoms with van der Waals surface area (Å²) >= 11 is 6.37. The fourth-order valence-electron chi connectivity index (χ4n) is 3.40. The van der Waals surface area contributed by atoms with Gasteiger partial charge < -0.3 is 9.15 Å². The molecule has 0 N–H and O–H groups in total. The van der Waals surface area contributed by atoms with Crippen LogP contribution in [0.25, 0.3) is 21.7 Å². The fraction of sp³-hybridized carbons (Fsp3) is 0.167. The van der Waals surface area contributed by atoms with Gasteiger partial charge in [-0.05, 0) is 34.9 Å². The predicted molar refractivity (Wildman–Crippen MR) is 115 cm³/mol. The van der Waals surface area contributed by atoms with Crippen LogP contribution in [-0.2, 0) is 6.42 Å². The summed E-state index contributed by atoms with van der Waals surface area (Å²) in [6.45, 7) is 1.88. The van der Waals surface area contributed by atoms with Crippen LogP contribution >= 0.6 is 11.6 Å². The Morgan fingerprint density at radius 3 is 2.62 bits per heavy atom. The topological polar surface area (TPSA) is 56.5 Å². The zero-order chi connectivity index (χ0) is 20.4. The van der Waals surface area contributed by atoms with E-state index in [-0.39, 0.29) is 12.4 Å². The van der Waals surface area contributed by atoms with Crippen molar-refractivity contribution in [1.82, 2.24) is 0 Å². The molecule has 0 unspecified atom stereocenters. The normalized spacial score (nSPS) is 11.1. The summed E-state index contributed by atoms with van der Waals surface area (Å²) in [7, 11) is 0. The molecule has 0 aliphatic carbocycles. The maximum absolute atomic E-state index is 12.6. The highest BCUT2D eigenvalue weighted by atomic mass is 35.5. The smallest absolute Gasteiger partial charge is 0.336 e. The highest BCUT2D eigenvalue weighted by Gasteiger charge is 2.13. The Kier molecular flexibility index (Phi) is 5.36. The van der Waals surface area contributed by atoms with E-state index in [1.165, 1.54) is 6.07 Å². The number of aryl methyl sites for hydroxylation is 1. The summed E-state index contributed by atoms with van der Waals surface area (Å²) in [4.78, 5) is 24.4. The van der Waals surface area contributed by atoms with Gasteiger partial charge in [0.15, 0.2) is 12.4 Å². The molecule has 0 fully saturated rings. The Morgan fingerprint density at radius 1 is 1.03 bits per heavy atom. The molecule has 146 valence electrons. The van der Waals surface area contributed by atoms with Gasteiger partial charge in [-0.25, -0.2) is 4.79 Å². The van der Waals surface area contributed by atoms with Crippen molar-refractivity contribution in [2.24, 2.45) is 0 Å². The zero-order valence-corrected chi connectivity index (χ0v) is 16.7. The van der Waals surface area contributed by atoms with Gasteiger partial charge in [-0.1, -0.05) is 61.3 Å². The van der Waals surface area contributed by atoms with Crippen LogP contribution in [0.3, 0.4) is 0 Å². The fourth-order valence-corrected chi connectivity index (χ4v) is 3.62. The molecular weight excluding hydrogens is 388 g/mol. The molecule has 0 saturated carbocycles. The van der Waals surface area contributed by atoms with Crippen molar-refractivity contribution in [1.29, 1.82) is 0 Å². The Labute approximate surface area is 172 Å². The van der Waals surface area contributed by atoms with E-state index in [0.29, 0.717) is 21.9 Å². The molecule has 29 heavy (non-hydrogen) atoms. The van der Waals surface area contributed by atoms with E-state index in [9.17, 15) is 9.59 Å². The quantitative estimate of drug-likeness (QED) is 0.299. The minimum Gasteiger partial charge on any atom is -0.484 e. The van der Waals surface area contributed by atoms with Gasteiger partial charge >= 0.3 is 5.63 Å². The summed E-state index contributed by atoms with van der Waals surface area (Å²) in [5, 5.41) is 3.22. The summed E-state index contributed by atoms with van der Waals surface area (Å²) < 4.78 is 11.0. The first-order valence-electron chi connectivity index (χ1n) is 9.46. The second-order valence-electron chi connectivity index (χ2n) is 6.89. The van der Waals surface area contributed by atoms with E-state index in [4.69, 9.17) is 20.8 Å². The number of carbonyl (C=O) groups is 1. The molecule has 5 heteroatoms. The molecule has 4 nitrogen and oxygen atoms in total. The zero-order valence-electron chi connectivity index (χ0n) is 15.9. The molecular formula is C24H19ClO4. The lowest BCUT2D eigenvalue weighted by Crippen LogP contribution is -2.12. The molecule has 4 rings (SSSR count). The van der Waals surface area contributed by atoms with Crippen LogP contribution in [0.5, 0.6) is 5.75 Å². The number of benzene rings is 3. The SMILES string of the molecule is CCCc1cc(=O)oc2cc(OCC(=O)c3ccc4ccccc4c3)c(Cl)cc12. The van der Waals surface area contributed by atoms with Gasteiger partial charge in [0.2, 0.25) is 0 Å². The summed E-state index contributed by atoms with van der Waals surface area (Å²) in [5.41, 5.74) is 1.44. The second kappa shape index (κ2) is 8.10. The van der Waals surface area contributed by atoms with Crippen molar-refractivity contribution in [3.8, 4) is 5.75 Å². The van der Waals surface area contributed by atoms with Crippen LogP contribution in [0, 0.1) is 0 Å². The van der Waals surface area contributed by atoms with Gasteiger partial charge in [0.1, 0.15) is 11.3 Å². The van der Waals surface area contributed by atoms with Crippen molar-refractivity contribution < 1.29 is 13.9 Å². The number of rotatable bonds is 6. The van der Waals surface area contributed by atoms with Crippen LogP contribution in [-0.4, -0.2) is 12.4 Å². The average Bonchev–Trinajstić information content (AvgIpc) is 2.72. The van der Waals surface area contributed by atoms with Crippen LogP contribution in [0.2, 0.25) is 5.02 Å². The molecule has 0 radical (unpaired) electrons. The summed E-state index contributed by atoms with van der Waals surface area (Å²) in [6.07, 6.45) is 1.65. The van der Waals surface area contributed by atoms with Crippen molar-refractivity contribution in [2.45, 2.75) is 19.8 Å². The molecule has 1 heterocycles. The van der Waals surface area contributed by atoms with E-state index in [1.807, 2.05) is 43.3 Å². The van der Waals surface area contributed by atoms with E-state index in [0.717, 1.165) is 34.6 Å². The minimum absolute atomic E-state index is 0.159. The van der Waals surface area contributed by atoms with E-state index < -0.39 is 5.63 Å². The Balaban J connectivity index is 1.59. The number of halogens is 1. The molecule has 0 bridgehead atoms. The summed E-state index contributed by atoms with van der Waals surface area (Å²) in [5.74, 6) is 0.151. The number of ether oxygens (including phenoxy) is 1. The number of hydrogen-bond donors (Lipinski definition) is 0. The van der Waals surface area contributed by atoms with Gasteiger partial charge in [0.25, 0.3) is 0 Å². The standard InChI is InChI=1S/C24H19ClO4/c1-2-5-17-11-24(27)29-22-13-23(20(25)12-19(17)22)28-14-21(26)18-9-8-15-6-3-4-7-16(15)10-18/h3-4,6-13H,2,5,14H2,1H3. The molecule has 0 aliphatic rings. The van der Waals surface area contributed by atoms with Gasteiger partial charge in [0, 0.05) is 23.1 Å². The first-order valence-corrected chi connectivity index (χ1v) is 9.84. The molecule has 0 atom stereocenters. The van der Waals surface area contributed by atoms with E-state index in [2.05, 4.69) is 0 Å². The molecule has 4 aromatic rings. The molecule has 0 spiro atoms. The van der Waals surface area contributed by atoms with Crippen LogP contribution in [0.15, 0.2) is 69.9 Å².